The molecule has 3 rings (SSSR count). The van der Waals surface area contributed by atoms with Gasteiger partial charge >= 0.3 is 0 Å². The molecule has 1 unspecified atom stereocenters. The summed E-state index contributed by atoms with van der Waals surface area (Å²) in [7, 11) is 0. The van der Waals surface area contributed by atoms with Gasteiger partial charge in [0.25, 0.3) is 0 Å². The third-order valence-corrected chi connectivity index (χ3v) is 4.52. The number of halogens is 1. The fourth-order valence-corrected chi connectivity index (χ4v) is 3.28. The highest BCUT2D eigenvalue weighted by Gasteiger charge is 2.14. The number of nitrogens with zero attached hydrogens (tertiary/aromatic N) is 3. The van der Waals surface area contributed by atoms with Gasteiger partial charge in [0.05, 0.1) is 6.04 Å². The molecule has 3 aromatic rings. The van der Waals surface area contributed by atoms with Crippen molar-refractivity contribution in [1.29, 1.82) is 0 Å². The molecule has 0 spiro atoms. The van der Waals surface area contributed by atoms with E-state index in [4.69, 9.17) is 0 Å². The molecule has 0 radical (unpaired) electrons. The number of hydrogen-bond donors (Lipinski definition) is 1. The van der Waals surface area contributed by atoms with E-state index in [1.165, 1.54) is 4.88 Å². The maximum Gasteiger partial charge on any atom is 0.243 e. The number of pyridine rings is 1. The van der Waals surface area contributed by atoms with Gasteiger partial charge in [0.15, 0.2) is 5.65 Å². The lowest BCUT2D eigenvalue weighted by molar-refractivity contribution is 0.680. The Balaban J connectivity index is 1.86. The van der Waals surface area contributed by atoms with Gasteiger partial charge < -0.3 is 5.32 Å². The van der Waals surface area contributed by atoms with E-state index in [9.17, 15) is 0 Å². The van der Waals surface area contributed by atoms with Crippen LogP contribution in [-0.2, 0) is 0 Å². The van der Waals surface area contributed by atoms with Crippen LogP contribution in [0.2, 0.25) is 0 Å². The molecular weight excluding hydrogens is 336 g/mol. The second-order valence-electron chi connectivity index (χ2n) is 4.59. The molecule has 3 heterocycles. The molecule has 1 atom stereocenters. The van der Waals surface area contributed by atoms with Crippen molar-refractivity contribution in [2.24, 2.45) is 0 Å². The Kier molecular flexibility index (Phi) is 4.03. The first-order valence-electron chi connectivity index (χ1n) is 6.58. The molecule has 0 amide bonds. The zero-order chi connectivity index (χ0) is 13.9. The Morgan fingerprint density at radius 1 is 1.40 bits per heavy atom. The predicted octanol–water partition coefficient (Wildman–Crippen LogP) is 4.51. The van der Waals surface area contributed by atoms with Gasteiger partial charge in [-0.3, -0.25) is 0 Å². The lowest BCUT2D eigenvalue weighted by Crippen LogP contribution is -2.10. The maximum absolute atomic E-state index is 4.51. The SMILES string of the molecule is CCCC(Nc1nc2ccc(Br)cn2n1)c1cccs1. The number of rotatable bonds is 5. The van der Waals surface area contributed by atoms with Crippen LogP contribution in [0.1, 0.15) is 30.7 Å². The zero-order valence-electron chi connectivity index (χ0n) is 11.1. The summed E-state index contributed by atoms with van der Waals surface area (Å²) < 4.78 is 2.77. The first kappa shape index (κ1) is 13.6. The lowest BCUT2D eigenvalue weighted by Gasteiger charge is -2.14. The van der Waals surface area contributed by atoms with Crippen molar-refractivity contribution in [1.82, 2.24) is 14.6 Å². The molecule has 0 fully saturated rings. The fourth-order valence-electron chi connectivity index (χ4n) is 2.14. The number of thiophene rings is 1. The van der Waals surface area contributed by atoms with Crippen molar-refractivity contribution in [2.45, 2.75) is 25.8 Å². The second-order valence-corrected chi connectivity index (χ2v) is 6.48. The topological polar surface area (TPSA) is 42.2 Å². The van der Waals surface area contributed by atoms with Crippen LogP contribution >= 0.6 is 27.3 Å². The van der Waals surface area contributed by atoms with E-state index in [0.29, 0.717) is 5.95 Å². The minimum absolute atomic E-state index is 0.279. The van der Waals surface area contributed by atoms with Gasteiger partial charge in [-0.15, -0.1) is 16.4 Å². The van der Waals surface area contributed by atoms with Gasteiger partial charge in [-0.25, -0.2) is 4.52 Å². The molecule has 3 aromatic heterocycles. The highest BCUT2D eigenvalue weighted by molar-refractivity contribution is 9.10. The van der Waals surface area contributed by atoms with E-state index in [2.05, 4.69) is 55.8 Å². The Bertz CT molecular complexity index is 692. The van der Waals surface area contributed by atoms with Crippen LogP contribution in [0.15, 0.2) is 40.3 Å². The molecule has 20 heavy (non-hydrogen) atoms. The van der Waals surface area contributed by atoms with Crippen molar-refractivity contribution >= 4 is 38.9 Å². The number of fused-ring (bicyclic) bond motifs is 1. The molecule has 104 valence electrons. The second kappa shape index (κ2) is 5.93. The van der Waals surface area contributed by atoms with E-state index in [0.717, 1.165) is 23.0 Å². The summed E-state index contributed by atoms with van der Waals surface area (Å²) in [4.78, 5) is 5.84. The number of hydrogen-bond acceptors (Lipinski definition) is 4. The van der Waals surface area contributed by atoms with E-state index in [-0.39, 0.29) is 6.04 Å². The molecular formula is C14H15BrN4S. The normalized spacial score (nSPS) is 12.7. The molecule has 4 nitrogen and oxygen atoms in total. The molecule has 0 saturated carbocycles. The van der Waals surface area contributed by atoms with Crippen molar-refractivity contribution in [2.75, 3.05) is 5.32 Å². The third-order valence-electron chi connectivity index (χ3n) is 3.06. The maximum atomic E-state index is 4.51. The fraction of sp³-hybridized carbons (Fsp3) is 0.286. The molecule has 0 bridgehead atoms. The van der Waals surface area contributed by atoms with E-state index < -0.39 is 0 Å². The predicted molar refractivity (Wildman–Crippen MR) is 86.3 cm³/mol. The minimum Gasteiger partial charge on any atom is -0.345 e. The van der Waals surface area contributed by atoms with Crippen LogP contribution in [0, 0.1) is 0 Å². The van der Waals surface area contributed by atoms with E-state index in [1.807, 2.05) is 18.3 Å². The summed E-state index contributed by atoms with van der Waals surface area (Å²) in [6.45, 7) is 2.19. The van der Waals surface area contributed by atoms with Crippen LogP contribution < -0.4 is 5.32 Å². The quantitative estimate of drug-likeness (QED) is 0.736. The first-order chi connectivity index (χ1) is 9.76. The monoisotopic (exact) mass is 350 g/mol. The number of nitrogens with one attached hydrogen (secondary N) is 1. The van der Waals surface area contributed by atoms with Crippen LogP contribution in [0.4, 0.5) is 5.95 Å². The van der Waals surface area contributed by atoms with Crippen LogP contribution in [0.3, 0.4) is 0 Å². The molecule has 0 aromatic carbocycles. The summed E-state index contributed by atoms with van der Waals surface area (Å²) in [5.41, 5.74) is 0.845. The van der Waals surface area contributed by atoms with Gasteiger partial charge in [0.1, 0.15) is 0 Å². The molecule has 0 aliphatic carbocycles. The summed E-state index contributed by atoms with van der Waals surface area (Å²) in [6.07, 6.45) is 4.10. The minimum atomic E-state index is 0.279. The van der Waals surface area contributed by atoms with Crippen molar-refractivity contribution in [3.63, 3.8) is 0 Å². The van der Waals surface area contributed by atoms with Gasteiger partial charge in [0.2, 0.25) is 5.95 Å². The van der Waals surface area contributed by atoms with Crippen LogP contribution in [0.5, 0.6) is 0 Å². The smallest absolute Gasteiger partial charge is 0.243 e. The summed E-state index contributed by atoms with van der Waals surface area (Å²) in [6, 6.07) is 8.43. The van der Waals surface area contributed by atoms with Gasteiger partial charge in [-0.2, -0.15) is 4.98 Å². The zero-order valence-corrected chi connectivity index (χ0v) is 13.5. The number of anilines is 1. The van der Waals surface area contributed by atoms with Gasteiger partial charge in [-0.1, -0.05) is 19.4 Å². The first-order valence-corrected chi connectivity index (χ1v) is 8.25. The third kappa shape index (κ3) is 2.86. The number of aromatic nitrogens is 3. The molecule has 0 aliphatic heterocycles. The summed E-state index contributed by atoms with van der Waals surface area (Å²) in [5.74, 6) is 0.676. The Morgan fingerprint density at radius 2 is 2.30 bits per heavy atom. The van der Waals surface area contributed by atoms with E-state index in [1.54, 1.807) is 15.9 Å². The average Bonchev–Trinajstić information content (AvgIpc) is 3.06. The largest absolute Gasteiger partial charge is 0.345 e. The molecule has 0 aliphatic rings. The Hall–Kier alpha value is -1.40. The average molecular weight is 351 g/mol. The highest BCUT2D eigenvalue weighted by atomic mass is 79.9. The lowest BCUT2D eigenvalue weighted by atomic mass is 10.1. The molecule has 1 N–H and O–H groups in total. The van der Waals surface area contributed by atoms with Crippen LogP contribution in [0.25, 0.3) is 5.65 Å². The van der Waals surface area contributed by atoms with Crippen molar-refractivity contribution in [3.8, 4) is 0 Å². The van der Waals surface area contributed by atoms with Crippen molar-refractivity contribution < 1.29 is 0 Å². The van der Waals surface area contributed by atoms with Gasteiger partial charge in [-0.05, 0) is 45.9 Å². The Labute approximate surface area is 130 Å². The standard InChI is InChI=1S/C14H15BrN4S/c1-2-4-11(12-5-3-8-20-12)16-14-17-13-7-6-10(15)9-19(13)18-14/h3,5-9,11H,2,4H2,1H3,(H,16,18). The molecule has 0 saturated heterocycles. The summed E-state index contributed by atoms with van der Waals surface area (Å²) >= 11 is 5.21. The molecule has 6 heteroatoms. The Morgan fingerprint density at radius 3 is 3.05 bits per heavy atom. The van der Waals surface area contributed by atoms with E-state index >= 15 is 0 Å². The van der Waals surface area contributed by atoms with Crippen molar-refractivity contribution in [3.05, 3.63) is 45.2 Å². The van der Waals surface area contributed by atoms with Gasteiger partial charge in [0, 0.05) is 15.5 Å². The summed E-state index contributed by atoms with van der Waals surface area (Å²) in [5, 5.41) is 10.0. The highest BCUT2D eigenvalue weighted by Crippen LogP contribution is 2.26. The van der Waals surface area contributed by atoms with Crippen LogP contribution in [-0.4, -0.2) is 14.6 Å².